The van der Waals surface area contributed by atoms with Gasteiger partial charge in [0.1, 0.15) is 12.4 Å². The molecule has 0 unspecified atom stereocenters. The maximum absolute atomic E-state index is 6.32. The molecule has 7 nitrogen and oxygen atoms in total. The monoisotopic (exact) mass is 404 g/mol. The molecule has 1 aromatic carbocycles. The standard InChI is InChI=1S/C23H28N6O/c1-14-10-20-21(11-19(14)16-9-15(2)22-24-13-25-29(22)12-16)26-27-23(20)30-18-7-5-17(6-8-18)28(3)4/h9-13,17-18H,5-8H2,1-4H3,(H,26,27). The summed E-state index contributed by atoms with van der Waals surface area (Å²) in [6.07, 6.45) is 8.36. The number of ether oxygens (including phenoxy) is 1. The number of aromatic amines is 1. The lowest BCUT2D eigenvalue weighted by molar-refractivity contribution is 0.108. The van der Waals surface area contributed by atoms with E-state index in [1.54, 1.807) is 6.33 Å². The summed E-state index contributed by atoms with van der Waals surface area (Å²) in [6.45, 7) is 4.20. The zero-order chi connectivity index (χ0) is 20.8. The van der Waals surface area contributed by atoms with Gasteiger partial charge in [-0.1, -0.05) is 0 Å². The highest BCUT2D eigenvalue weighted by molar-refractivity contribution is 5.90. The lowest BCUT2D eigenvalue weighted by atomic mass is 9.92. The van der Waals surface area contributed by atoms with E-state index in [2.05, 4.69) is 71.3 Å². The molecule has 4 aromatic rings. The molecule has 5 rings (SSSR count). The molecule has 0 spiro atoms. The number of nitrogens with one attached hydrogen (secondary N) is 1. The molecule has 0 bridgehead atoms. The predicted octanol–water partition coefficient (Wildman–Crippen LogP) is 4.14. The van der Waals surface area contributed by atoms with E-state index in [1.165, 1.54) is 18.4 Å². The van der Waals surface area contributed by atoms with Crippen molar-refractivity contribution in [1.82, 2.24) is 29.7 Å². The van der Waals surface area contributed by atoms with Crippen LogP contribution in [0, 0.1) is 13.8 Å². The van der Waals surface area contributed by atoms with Crippen molar-refractivity contribution in [2.24, 2.45) is 0 Å². The number of rotatable bonds is 4. The predicted molar refractivity (Wildman–Crippen MR) is 118 cm³/mol. The Morgan fingerprint density at radius 3 is 2.63 bits per heavy atom. The summed E-state index contributed by atoms with van der Waals surface area (Å²) in [5, 5.41) is 13.0. The summed E-state index contributed by atoms with van der Waals surface area (Å²) < 4.78 is 8.15. The van der Waals surface area contributed by atoms with Crippen molar-refractivity contribution in [2.75, 3.05) is 14.1 Å². The van der Waals surface area contributed by atoms with E-state index in [0.717, 1.165) is 52.0 Å². The summed E-state index contributed by atoms with van der Waals surface area (Å²) in [4.78, 5) is 6.64. The summed E-state index contributed by atoms with van der Waals surface area (Å²) in [6, 6.07) is 7.16. The molecule has 1 N–H and O–H groups in total. The van der Waals surface area contributed by atoms with Gasteiger partial charge in [0.15, 0.2) is 5.65 Å². The SMILES string of the molecule is Cc1cc2c(OC3CCC(N(C)C)CC3)n[nH]c2cc1-c1cc(C)c2ncnn2c1. The van der Waals surface area contributed by atoms with Gasteiger partial charge in [-0.2, -0.15) is 5.10 Å². The molecule has 1 aliphatic carbocycles. The number of hydrogen-bond donors (Lipinski definition) is 1. The summed E-state index contributed by atoms with van der Waals surface area (Å²) in [5.41, 5.74) is 6.44. The quantitative estimate of drug-likeness (QED) is 0.553. The molecule has 3 heterocycles. The van der Waals surface area contributed by atoms with Gasteiger partial charge in [0.05, 0.1) is 10.9 Å². The molecule has 1 saturated carbocycles. The number of H-pyrrole nitrogens is 1. The van der Waals surface area contributed by atoms with Crippen LogP contribution in [0.2, 0.25) is 0 Å². The van der Waals surface area contributed by atoms with Crippen LogP contribution in [0.1, 0.15) is 36.8 Å². The highest BCUT2D eigenvalue weighted by Crippen LogP contribution is 2.34. The third-order valence-corrected chi connectivity index (χ3v) is 6.40. The van der Waals surface area contributed by atoms with Gasteiger partial charge in [-0.3, -0.25) is 5.10 Å². The lowest BCUT2D eigenvalue weighted by Gasteiger charge is -2.32. The number of aryl methyl sites for hydroxylation is 2. The fourth-order valence-electron chi connectivity index (χ4n) is 4.63. The van der Waals surface area contributed by atoms with E-state index in [1.807, 2.05) is 10.7 Å². The minimum atomic E-state index is 0.241. The van der Waals surface area contributed by atoms with Crippen molar-refractivity contribution in [2.45, 2.75) is 51.7 Å². The van der Waals surface area contributed by atoms with Crippen molar-refractivity contribution < 1.29 is 4.74 Å². The van der Waals surface area contributed by atoms with Gasteiger partial charge in [0.2, 0.25) is 5.88 Å². The first kappa shape index (κ1) is 19.1. The first-order chi connectivity index (χ1) is 14.5. The van der Waals surface area contributed by atoms with E-state index in [0.29, 0.717) is 6.04 Å². The summed E-state index contributed by atoms with van der Waals surface area (Å²) >= 11 is 0. The van der Waals surface area contributed by atoms with Gasteiger partial charge in [-0.15, -0.1) is 5.10 Å². The van der Waals surface area contributed by atoms with E-state index in [4.69, 9.17) is 4.74 Å². The summed E-state index contributed by atoms with van der Waals surface area (Å²) in [7, 11) is 4.32. The molecular formula is C23H28N6O. The Kier molecular flexibility index (Phi) is 4.70. The Morgan fingerprint density at radius 1 is 1.07 bits per heavy atom. The van der Waals surface area contributed by atoms with Crippen LogP contribution in [0.3, 0.4) is 0 Å². The smallest absolute Gasteiger partial charge is 0.240 e. The van der Waals surface area contributed by atoms with E-state index in [-0.39, 0.29) is 6.10 Å². The van der Waals surface area contributed by atoms with E-state index < -0.39 is 0 Å². The molecule has 1 aliphatic rings. The lowest BCUT2D eigenvalue weighted by Crippen LogP contribution is -2.35. The Hall–Kier alpha value is -2.93. The van der Waals surface area contributed by atoms with Crippen molar-refractivity contribution in [3.63, 3.8) is 0 Å². The van der Waals surface area contributed by atoms with Crippen LogP contribution in [0.15, 0.2) is 30.7 Å². The van der Waals surface area contributed by atoms with Crippen molar-refractivity contribution in [1.29, 1.82) is 0 Å². The fraction of sp³-hybridized carbons (Fsp3) is 0.435. The Morgan fingerprint density at radius 2 is 1.87 bits per heavy atom. The highest BCUT2D eigenvalue weighted by Gasteiger charge is 2.25. The minimum Gasteiger partial charge on any atom is -0.473 e. The minimum absolute atomic E-state index is 0.241. The molecule has 0 radical (unpaired) electrons. The molecule has 7 heteroatoms. The second-order valence-electron chi connectivity index (χ2n) is 8.69. The van der Waals surface area contributed by atoms with Gasteiger partial charge < -0.3 is 9.64 Å². The van der Waals surface area contributed by atoms with Crippen LogP contribution in [0.25, 0.3) is 27.7 Å². The van der Waals surface area contributed by atoms with Gasteiger partial charge >= 0.3 is 0 Å². The average molecular weight is 405 g/mol. The second kappa shape index (κ2) is 7.40. The fourth-order valence-corrected chi connectivity index (χ4v) is 4.63. The molecule has 3 aromatic heterocycles. The molecular weight excluding hydrogens is 376 g/mol. The zero-order valence-corrected chi connectivity index (χ0v) is 18.0. The van der Waals surface area contributed by atoms with Crippen molar-refractivity contribution >= 4 is 16.6 Å². The zero-order valence-electron chi connectivity index (χ0n) is 18.0. The third-order valence-electron chi connectivity index (χ3n) is 6.40. The van der Waals surface area contributed by atoms with Crippen LogP contribution >= 0.6 is 0 Å². The van der Waals surface area contributed by atoms with Crippen LogP contribution < -0.4 is 4.74 Å². The third kappa shape index (κ3) is 3.33. The molecule has 1 fully saturated rings. The Bertz CT molecular complexity index is 1200. The largest absolute Gasteiger partial charge is 0.473 e. The van der Waals surface area contributed by atoms with Crippen LogP contribution in [0.5, 0.6) is 5.88 Å². The number of nitrogens with zero attached hydrogens (tertiary/aromatic N) is 5. The molecule has 0 amide bonds. The second-order valence-corrected chi connectivity index (χ2v) is 8.69. The van der Waals surface area contributed by atoms with Crippen LogP contribution in [0.4, 0.5) is 0 Å². The van der Waals surface area contributed by atoms with Crippen molar-refractivity contribution in [3.05, 3.63) is 41.9 Å². The van der Waals surface area contributed by atoms with Crippen LogP contribution in [-0.4, -0.2) is 55.9 Å². The molecule has 0 saturated heterocycles. The first-order valence-corrected chi connectivity index (χ1v) is 10.6. The molecule has 156 valence electrons. The molecule has 0 aliphatic heterocycles. The normalized spacial score (nSPS) is 19.8. The topological polar surface area (TPSA) is 71.3 Å². The average Bonchev–Trinajstić information content (AvgIpc) is 3.35. The Labute approximate surface area is 176 Å². The van der Waals surface area contributed by atoms with Gasteiger partial charge in [-0.25, -0.2) is 9.50 Å². The number of aromatic nitrogens is 5. The number of pyridine rings is 1. The number of benzene rings is 1. The number of fused-ring (bicyclic) bond motifs is 2. The Balaban J connectivity index is 1.43. The van der Waals surface area contributed by atoms with E-state index >= 15 is 0 Å². The maximum Gasteiger partial charge on any atom is 0.240 e. The maximum atomic E-state index is 6.32. The van der Waals surface area contributed by atoms with Crippen molar-refractivity contribution in [3.8, 4) is 17.0 Å². The van der Waals surface area contributed by atoms with Gasteiger partial charge in [-0.05, 0) is 88.5 Å². The molecule has 0 atom stereocenters. The van der Waals surface area contributed by atoms with Crippen LogP contribution in [-0.2, 0) is 0 Å². The summed E-state index contributed by atoms with van der Waals surface area (Å²) in [5.74, 6) is 0.718. The number of hydrogen-bond acceptors (Lipinski definition) is 5. The van der Waals surface area contributed by atoms with E-state index in [9.17, 15) is 0 Å². The first-order valence-electron chi connectivity index (χ1n) is 10.6. The van der Waals surface area contributed by atoms with Gasteiger partial charge in [0.25, 0.3) is 0 Å². The van der Waals surface area contributed by atoms with Gasteiger partial charge in [0, 0.05) is 17.8 Å². The molecule has 30 heavy (non-hydrogen) atoms. The highest BCUT2D eigenvalue weighted by atomic mass is 16.5.